The Kier molecular flexibility index (Phi) is 3.47. The molecule has 1 amide bonds. The molecule has 104 valence electrons. The maximum absolute atomic E-state index is 12.1. The Balaban J connectivity index is 1.77. The number of hydrogen-bond acceptors (Lipinski definition) is 4. The minimum atomic E-state index is -0.315. The van der Waals surface area contributed by atoms with E-state index in [2.05, 4.69) is 15.3 Å². The third-order valence-electron chi connectivity index (χ3n) is 2.93. The minimum absolute atomic E-state index is 0.219. The SMILES string of the molecule is Cc1ccc(NC(=O)c2coc(-c3ccccn3)n2)cc1. The second kappa shape index (κ2) is 5.58. The predicted molar refractivity (Wildman–Crippen MR) is 78.9 cm³/mol. The van der Waals surface area contributed by atoms with Crippen molar-refractivity contribution in [3.05, 3.63) is 66.2 Å². The predicted octanol–water partition coefficient (Wildman–Crippen LogP) is 3.30. The first-order valence-electron chi connectivity index (χ1n) is 6.47. The van der Waals surface area contributed by atoms with Gasteiger partial charge in [-0.25, -0.2) is 4.98 Å². The van der Waals surface area contributed by atoms with E-state index in [4.69, 9.17) is 4.42 Å². The monoisotopic (exact) mass is 279 g/mol. The van der Waals surface area contributed by atoms with Crippen molar-refractivity contribution in [2.45, 2.75) is 6.92 Å². The summed E-state index contributed by atoms with van der Waals surface area (Å²) in [5.74, 6) is 0.00874. The van der Waals surface area contributed by atoms with Crippen molar-refractivity contribution < 1.29 is 9.21 Å². The van der Waals surface area contributed by atoms with Crippen molar-refractivity contribution in [1.82, 2.24) is 9.97 Å². The summed E-state index contributed by atoms with van der Waals surface area (Å²) >= 11 is 0. The van der Waals surface area contributed by atoms with Gasteiger partial charge < -0.3 is 9.73 Å². The molecular weight excluding hydrogens is 266 g/mol. The third-order valence-corrected chi connectivity index (χ3v) is 2.93. The van der Waals surface area contributed by atoms with E-state index in [0.29, 0.717) is 17.3 Å². The van der Waals surface area contributed by atoms with Gasteiger partial charge in [0.15, 0.2) is 5.69 Å². The smallest absolute Gasteiger partial charge is 0.277 e. The molecule has 2 aromatic heterocycles. The molecule has 0 aliphatic heterocycles. The number of anilines is 1. The van der Waals surface area contributed by atoms with Crippen molar-refractivity contribution in [3.8, 4) is 11.6 Å². The maximum atomic E-state index is 12.1. The Morgan fingerprint density at radius 3 is 2.67 bits per heavy atom. The van der Waals surface area contributed by atoms with Crippen LogP contribution in [0.3, 0.4) is 0 Å². The lowest BCUT2D eigenvalue weighted by molar-refractivity contribution is 0.102. The summed E-state index contributed by atoms with van der Waals surface area (Å²) in [6, 6.07) is 12.9. The van der Waals surface area contributed by atoms with Crippen LogP contribution in [0.4, 0.5) is 5.69 Å². The lowest BCUT2D eigenvalue weighted by atomic mass is 10.2. The molecule has 5 heteroatoms. The third kappa shape index (κ3) is 2.97. The van der Waals surface area contributed by atoms with Gasteiger partial charge in [0.2, 0.25) is 5.89 Å². The number of carbonyl (C=O) groups is 1. The molecule has 0 unspecified atom stereocenters. The second-order valence-electron chi connectivity index (χ2n) is 4.57. The number of nitrogens with zero attached hydrogens (tertiary/aromatic N) is 2. The fraction of sp³-hybridized carbons (Fsp3) is 0.0625. The number of nitrogens with one attached hydrogen (secondary N) is 1. The molecule has 0 aliphatic rings. The first kappa shape index (κ1) is 13.1. The molecule has 3 aromatic rings. The van der Waals surface area contributed by atoms with Crippen molar-refractivity contribution in [3.63, 3.8) is 0 Å². The zero-order chi connectivity index (χ0) is 14.7. The number of amides is 1. The van der Waals surface area contributed by atoms with E-state index in [-0.39, 0.29) is 11.6 Å². The number of benzene rings is 1. The Hall–Kier alpha value is -2.95. The van der Waals surface area contributed by atoms with Gasteiger partial charge in [-0.15, -0.1) is 0 Å². The van der Waals surface area contributed by atoms with E-state index in [1.54, 1.807) is 18.3 Å². The molecule has 0 atom stereocenters. The maximum Gasteiger partial charge on any atom is 0.277 e. The molecule has 0 saturated heterocycles. The normalized spacial score (nSPS) is 10.3. The lowest BCUT2D eigenvalue weighted by Gasteiger charge is -2.02. The number of aryl methyl sites for hydroxylation is 1. The number of pyridine rings is 1. The van der Waals surface area contributed by atoms with Crippen LogP contribution in [-0.2, 0) is 0 Å². The lowest BCUT2D eigenvalue weighted by Crippen LogP contribution is -2.12. The highest BCUT2D eigenvalue weighted by atomic mass is 16.3. The van der Waals surface area contributed by atoms with Gasteiger partial charge in [-0.3, -0.25) is 9.78 Å². The summed E-state index contributed by atoms with van der Waals surface area (Å²) in [6.45, 7) is 1.99. The molecule has 0 fully saturated rings. The number of hydrogen-bond donors (Lipinski definition) is 1. The molecule has 1 N–H and O–H groups in total. The summed E-state index contributed by atoms with van der Waals surface area (Å²) in [5.41, 5.74) is 2.66. The van der Waals surface area contributed by atoms with Crippen LogP contribution in [-0.4, -0.2) is 15.9 Å². The van der Waals surface area contributed by atoms with Crippen molar-refractivity contribution >= 4 is 11.6 Å². The average molecular weight is 279 g/mol. The van der Waals surface area contributed by atoms with Crippen LogP contribution >= 0.6 is 0 Å². The molecule has 0 spiro atoms. The van der Waals surface area contributed by atoms with Crippen LogP contribution in [0.25, 0.3) is 11.6 Å². The van der Waals surface area contributed by atoms with E-state index < -0.39 is 0 Å². The van der Waals surface area contributed by atoms with Crippen molar-refractivity contribution in [2.75, 3.05) is 5.32 Å². The summed E-state index contributed by atoms with van der Waals surface area (Å²) in [4.78, 5) is 20.4. The molecule has 5 nitrogen and oxygen atoms in total. The summed E-state index contributed by atoms with van der Waals surface area (Å²) in [7, 11) is 0. The Morgan fingerprint density at radius 1 is 1.14 bits per heavy atom. The Bertz CT molecular complexity index is 749. The molecular formula is C16H13N3O2. The topological polar surface area (TPSA) is 68.0 Å². The van der Waals surface area contributed by atoms with Crippen LogP contribution in [0, 0.1) is 6.92 Å². The molecule has 0 radical (unpaired) electrons. The van der Waals surface area contributed by atoms with Gasteiger partial charge in [0.25, 0.3) is 5.91 Å². The highest BCUT2D eigenvalue weighted by molar-refractivity contribution is 6.02. The fourth-order valence-corrected chi connectivity index (χ4v) is 1.82. The molecule has 0 saturated carbocycles. The molecule has 1 aromatic carbocycles. The number of rotatable bonds is 3. The van der Waals surface area contributed by atoms with Gasteiger partial charge in [0.1, 0.15) is 12.0 Å². The zero-order valence-corrected chi connectivity index (χ0v) is 11.4. The van der Waals surface area contributed by atoms with Crippen LogP contribution in [0.2, 0.25) is 0 Å². The summed E-state index contributed by atoms with van der Waals surface area (Å²) in [6.07, 6.45) is 2.97. The van der Waals surface area contributed by atoms with Gasteiger partial charge in [-0.2, -0.15) is 0 Å². The number of aromatic nitrogens is 2. The highest BCUT2D eigenvalue weighted by Crippen LogP contribution is 2.16. The Labute approximate surface area is 121 Å². The second-order valence-corrected chi connectivity index (χ2v) is 4.57. The van der Waals surface area contributed by atoms with Crippen LogP contribution in [0.15, 0.2) is 59.3 Å². The first-order chi connectivity index (χ1) is 10.2. The molecule has 3 rings (SSSR count). The number of carbonyl (C=O) groups excluding carboxylic acids is 1. The van der Waals surface area contributed by atoms with Crippen LogP contribution in [0.5, 0.6) is 0 Å². The van der Waals surface area contributed by atoms with Crippen molar-refractivity contribution in [1.29, 1.82) is 0 Å². The van der Waals surface area contributed by atoms with Crippen LogP contribution in [0.1, 0.15) is 16.1 Å². The summed E-state index contributed by atoms with van der Waals surface area (Å²) in [5, 5.41) is 2.77. The van der Waals surface area contributed by atoms with E-state index in [9.17, 15) is 4.79 Å². The van der Waals surface area contributed by atoms with Gasteiger partial charge in [0, 0.05) is 11.9 Å². The van der Waals surface area contributed by atoms with E-state index >= 15 is 0 Å². The highest BCUT2D eigenvalue weighted by Gasteiger charge is 2.14. The van der Waals surface area contributed by atoms with Gasteiger partial charge in [-0.05, 0) is 31.2 Å². The van der Waals surface area contributed by atoms with Gasteiger partial charge in [0.05, 0.1) is 0 Å². The molecule has 2 heterocycles. The standard InChI is InChI=1S/C16H13N3O2/c1-11-5-7-12(8-6-11)18-15(20)14-10-21-16(19-14)13-4-2-3-9-17-13/h2-10H,1H3,(H,18,20). The van der Waals surface area contributed by atoms with Gasteiger partial charge in [-0.1, -0.05) is 23.8 Å². The first-order valence-corrected chi connectivity index (χ1v) is 6.47. The van der Waals surface area contributed by atoms with Crippen molar-refractivity contribution in [2.24, 2.45) is 0 Å². The summed E-state index contributed by atoms with van der Waals surface area (Å²) < 4.78 is 5.29. The fourth-order valence-electron chi connectivity index (χ4n) is 1.82. The Morgan fingerprint density at radius 2 is 1.95 bits per heavy atom. The van der Waals surface area contributed by atoms with E-state index in [0.717, 1.165) is 5.56 Å². The quantitative estimate of drug-likeness (QED) is 0.798. The molecule has 0 bridgehead atoms. The average Bonchev–Trinajstić information content (AvgIpc) is 3.00. The van der Waals surface area contributed by atoms with E-state index in [1.165, 1.54) is 6.26 Å². The zero-order valence-electron chi connectivity index (χ0n) is 11.4. The molecule has 0 aliphatic carbocycles. The minimum Gasteiger partial charge on any atom is -0.442 e. The van der Waals surface area contributed by atoms with E-state index in [1.807, 2.05) is 37.3 Å². The number of oxazole rings is 1. The van der Waals surface area contributed by atoms with Crippen LogP contribution < -0.4 is 5.32 Å². The largest absolute Gasteiger partial charge is 0.442 e. The molecule has 21 heavy (non-hydrogen) atoms. The van der Waals surface area contributed by atoms with Gasteiger partial charge >= 0.3 is 0 Å².